The average molecular weight is 562 g/mol. The van der Waals surface area contributed by atoms with E-state index in [0.29, 0.717) is 50.8 Å². The van der Waals surface area contributed by atoms with Gasteiger partial charge in [0.1, 0.15) is 23.9 Å². The van der Waals surface area contributed by atoms with Crippen molar-refractivity contribution in [1.82, 2.24) is 20.1 Å². The first-order valence-electron chi connectivity index (χ1n) is 14.0. The maximum atomic E-state index is 13.7. The molecular formula is C30H35N5O6. The Morgan fingerprint density at radius 1 is 0.951 bits per heavy atom. The van der Waals surface area contributed by atoms with Gasteiger partial charge in [-0.1, -0.05) is 30.3 Å². The summed E-state index contributed by atoms with van der Waals surface area (Å²) in [6.45, 7) is 0.766. The van der Waals surface area contributed by atoms with Gasteiger partial charge in [0, 0.05) is 36.6 Å². The van der Waals surface area contributed by atoms with Gasteiger partial charge in [0.05, 0.1) is 6.04 Å². The lowest BCUT2D eigenvalue weighted by molar-refractivity contribution is -0.148. The predicted molar refractivity (Wildman–Crippen MR) is 151 cm³/mol. The molecule has 2 aliphatic heterocycles. The van der Waals surface area contributed by atoms with Gasteiger partial charge in [0.25, 0.3) is 0 Å². The van der Waals surface area contributed by atoms with Crippen LogP contribution in [0.5, 0.6) is 5.75 Å². The minimum atomic E-state index is -1.20. The number of carboxylic acid groups (broad SMARTS) is 1. The molecule has 5 rings (SSSR count). The Balaban J connectivity index is 1.24. The maximum absolute atomic E-state index is 13.7. The van der Waals surface area contributed by atoms with Crippen LogP contribution in [0.4, 0.5) is 0 Å². The summed E-state index contributed by atoms with van der Waals surface area (Å²) < 4.78 is 0. The lowest BCUT2D eigenvalue weighted by Crippen LogP contribution is -2.56. The molecule has 0 saturated carbocycles. The van der Waals surface area contributed by atoms with Crippen LogP contribution in [0.3, 0.4) is 0 Å². The van der Waals surface area contributed by atoms with Gasteiger partial charge in [-0.15, -0.1) is 0 Å². The van der Waals surface area contributed by atoms with Gasteiger partial charge in [-0.05, 0) is 61.4 Å². The number of phenols is 1. The molecule has 2 fully saturated rings. The topological polar surface area (TPSA) is 169 Å². The molecular weight excluding hydrogens is 526 g/mol. The number of carbonyl (C=O) groups is 4. The van der Waals surface area contributed by atoms with E-state index in [1.807, 2.05) is 30.5 Å². The second kappa shape index (κ2) is 12.0. The van der Waals surface area contributed by atoms with E-state index in [0.717, 1.165) is 16.5 Å². The van der Waals surface area contributed by atoms with Crippen molar-refractivity contribution in [3.05, 3.63) is 65.9 Å². The summed E-state index contributed by atoms with van der Waals surface area (Å²) in [5.41, 5.74) is 8.89. The molecule has 3 heterocycles. The first-order chi connectivity index (χ1) is 19.7. The van der Waals surface area contributed by atoms with Crippen LogP contribution in [-0.2, 0) is 32.0 Å². The average Bonchev–Trinajstić information content (AvgIpc) is 3.73. The third-order valence-corrected chi connectivity index (χ3v) is 8.08. The number of aliphatic carboxylic acids is 1. The smallest absolute Gasteiger partial charge is 0.326 e. The first-order valence-corrected chi connectivity index (χ1v) is 14.0. The highest BCUT2D eigenvalue weighted by molar-refractivity contribution is 5.95. The number of phenolic OH excluding ortho intramolecular Hbond substituents is 1. The van der Waals surface area contributed by atoms with Crippen molar-refractivity contribution in [1.29, 1.82) is 0 Å². The molecule has 2 saturated heterocycles. The number of aromatic hydroxyl groups is 1. The Morgan fingerprint density at radius 3 is 2.37 bits per heavy atom. The van der Waals surface area contributed by atoms with E-state index >= 15 is 0 Å². The van der Waals surface area contributed by atoms with E-state index in [-0.39, 0.29) is 24.0 Å². The highest BCUT2D eigenvalue weighted by Gasteiger charge is 2.43. The number of nitrogens with two attached hydrogens (primary N) is 1. The second-order valence-corrected chi connectivity index (χ2v) is 10.8. The van der Waals surface area contributed by atoms with Crippen molar-refractivity contribution < 1.29 is 29.4 Å². The van der Waals surface area contributed by atoms with E-state index in [1.165, 1.54) is 17.0 Å². The standard InChI is InChI=1S/C30H35N5O6/c31-22(16-19-17-32-23-6-2-1-5-21(19)23)28(38)35-14-4-8-26(35)29(39)34-13-3-7-25(34)27(37)33-24(30(40)41)15-18-9-11-20(36)12-10-18/h1-2,5-6,9-12,17,22,24-26,32,36H,3-4,7-8,13-16,31H2,(H,33,37)(H,40,41). The SMILES string of the molecule is NC(Cc1c[nH]c2ccccc12)C(=O)N1CCCC1C(=O)N1CCCC1C(=O)NC(Cc1ccc(O)cc1)C(=O)O. The molecule has 4 unspecified atom stereocenters. The number of carbonyl (C=O) groups excluding carboxylic acids is 3. The lowest BCUT2D eigenvalue weighted by Gasteiger charge is -2.32. The Labute approximate surface area is 237 Å². The number of rotatable bonds is 9. The molecule has 11 heteroatoms. The molecule has 2 aliphatic rings. The van der Waals surface area contributed by atoms with E-state index in [2.05, 4.69) is 10.3 Å². The van der Waals surface area contributed by atoms with Crippen LogP contribution < -0.4 is 11.1 Å². The van der Waals surface area contributed by atoms with Gasteiger partial charge < -0.3 is 36.0 Å². The Bertz CT molecular complexity index is 1440. The summed E-state index contributed by atoms with van der Waals surface area (Å²) in [5, 5.41) is 22.8. The summed E-state index contributed by atoms with van der Waals surface area (Å²) in [6.07, 6.45) is 4.34. The molecule has 0 aliphatic carbocycles. The summed E-state index contributed by atoms with van der Waals surface area (Å²) >= 11 is 0. The molecule has 0 radical (unpaired) electrons. The first kappa shape index (κ1) is 28.2. The van der Waals surface area contributed by atoms with Gasteiger partial charge in [0.2, 0.25) is 17.7 Å². The van der Waals surface area contributed by atoms with Gasteiger partial charge in [0.15, 0.2) is 0 Å². The summed E-state index contributed by atoms with van der Waals surface area (Å²) in [4.78, 5) is 58.5. The zero-order valence-electron chi connectivity index (χ0n) is 22.7. The van der Waals surface area contributed by atoms with Crippen molar-refractivity contribution in [2.45, 2.75) is 62.7 Å². The number of hydrogen-bond donors (Lipinski definition) is 5. The lowest BCUT2D eigenvalue weighted by atomic mass is 10.0. The van der Waals surface area contributed by atoms with Crippen LogP contribution in [0.1, 0.15) is 36.8 Å². The number of likely N-dealkylation sites (tertiary alicyclic amines) is 2. The van der Waals surface area contributed by atoms with Gasteiger partial charge in [-0.2, -0.15) is 0 Å². The van der Waals surface area contributed by atoms with E-state index < -0.39 is 36.0 Å². The fourth-order valence-electron chi connectivity index (χ4n) is 5.96. The number of carboxylic acids is 1. The van der Waals surface area contributed by atoms with Crippen LogP contribution >= 0.6 is 0 Å². The van der Waals surface area contributed by atoms with Crippen LogP contribution in [0.25, 0.3) is 10.9 Å². The van der Waals surface area contributed by atoms with Gasteiger partial charge in [-0.25, -0.2) is 4.79 Å². The largest absolute Gasteiger partial charge is 0.508 e. The Kier molecular flexibility index (Phi) is 8.25. The summed E-state index contributed by atoms with van der Waals surface area (Å²) in [7, 11) is 0. The van der Waals surface area contributed by atoms with Gasteiger partial charge >= 0.3 is 5.97 Å². The molecule has 0 spiro atoms. The number of nitrogens with one attached hydrogen (secondary N) is 2. The number of benzene rings is 2. The summed E-state index contributed by atoms with van der Waals surface area (Å²) in [6, 6.07) is 10.3. The van der Waals surface area contributed by atoms with Crippen molar-refractivity contribution >= 4 is 34.6 Å². The zero-order valence-corrected chi connectivity index (χ0v) is 22.7. The highest BCUT2D eigenvalue weighted by Crippen LogP contribution is 2.27. The third kappa shape index (κ3) is 6.04. The number of aromatic nitrogens is 1. The molecule has 216 valence electrons. The van der Waals surface area contributed by atoms with E-state index in [9.17, 15) is 29.4 Å². The number of aromatic amines is 1. The van der Waals surface area contributed by atoms with Crippen molar-refractivity contribution in [3.8, 4) is 5.75 Å². The number of para-hydroxylation sites is 1. The van der Waals surface area contributed by atoms with Crippen LogP contribution in [0.15, 0.2) is 54.7 Å². The third-order valence-electron chi connectivity index (χ3n) is 8.08. The molecule has 2 aromatic carbocycles. The Hall–Kier alpha value is -4.38. The molecule has 4 atom stereocenters. The highest BCUT2D eigenvalue weighted by atomic mass is 16.4. The second-order valence-electron chi connectivity index (χ2n) is 10.8. The van der Waals surface area contributed by atoms with Crippen LogP contribution in [0.2, 0.25) is 0 Å². The zero-order chi connectivity index (χ0) is 29.1. The Morgan fingerprint density at radius 2 is 1.63 bits per heavy atom. The molecule has 6 N–H and O–H groups in total. The van der Waals surface area contributed by atoms with Crippen LogP contribution in [-0.4, -0.2) is 85.9 Å². The van der Waals surface area contributed by atoms with Crippen LogP contribution in [0, 0.1) is 0 Å². The number of H-pyrrole nitrogens is 1. The van der Waals surface area contributed by atoms with E-state index in [1.54, 1.807) is 17.0 Å². The fourth-order valence-corrected chi connectivity index (χ4v) is 5.96. The quantitative estimate of drug-likeness (QED) is 0.264. The minimum Gasteiger partial charge on any atom is -0.508 e. The number of nitrogens with zero attached hydrogens (tertiary/aromatic N) is 2. The molecule has 0 bridgehead atoms. The number of fused-ring (bicyclic) bond motifs is 1. The monoisotopic (exact) mass is 561 g/mol. The molecule has 41 heavy (non-hydrogen) atoms. The molecule has 11 nitrogen and oxygen atoms in total. The van der Waals surface area contributed by atoms with E-state index in [4.69, 9.17) is 5.73 Å². The molecule has 1 aromatic heterocycles. The number of amides is 3. The van der Waals surface area contributed by atoms with Crippen molar-refractivity contribution in [2.75, 3.05) is 13.1 Å². The molecule has 3 aromatic rings. The molecule has 3 amide bonds. The minimum absolute atomic E-state index is 0.0290. The summed E-state index contributed by atoms with van der Waals surface area (Å²) in [5.74, 6) is -2.28. The number of hydrogen-bond acceptors (Lipinski definition) is 6. The van der Waals surface area contributed by atoms with Crippen molar-refractivity contribution in [3.63, 3.8) is 0 Å². The van der Waals surface area contributed by atoms with Crippen molar-refractivity contribution in [2.24, 2.45) is 5.73 Å². The predicted octanol–water partition coefficient (Wildman–Crippen LogP) is 1.54. The van der Waals surface area contributed by atoms with Gasteiger partial charge in [-0.3, -0.25) is 14.4 Å². The fraction of sp³-hybridized carbons (Fsp3) is 0.400. The maximum Gasteiger partial charge on any atom is 0.326 e. The normalized spacial score (nSPS) is 20.2.